The molecular weight excluding hydrogens is 470 g/mol. The van der Waals surface area contributed by atoms with Gasteiger partial charge in [-0.05, 0) is 79.3 Å². The number of piperidine rings is 1. The minimum absolute atomic E-state index is 0.0556. The molecule has 0 bridgehead atoms. The molecule has 2 saturated heterocycles. The summed E-state index contributed by atoms with van der Waals surface area (Å²) in [4.78, 5) is 30.9. The zero-order valence-electron chi connectivity index (χ0n) is 20.5. The molecule has 7 nitrogen and oxygen atoms in total. The van der Waals surface area contributed by atoms with Crippen molar-refractivity contribution in [2.75, 3.05) is 36.4 Å². The number of likely N-dealkylation sites (tertiary alicyclic amines) is 1. The van der Waals surface area contributed by atoms with Crippen LogP contribution in [0.1, 0.15) is 48.5 Å². The largest absolute Gasteiger partial charge is 0.354 e. The Labute approximate surface area is 216 Å². The van der Waals surface area contributed by atoms with Gasteiger partial charge >= 0.3 is 0 Å². The predicted octanol–water partition coefficient (Wildman–Crippen LogP) is 4.73. The van der Waals surface area contributed by atoms with Crippen molar-refractivity contribution in [1.82, 2.24) is 15.1 Å². The number of nitrogens with zero attached hydrogens (tertiary/aromatic N) is 4. The van der Waals surface area contributed by atoms with Crippen molar-refractivity contribution in [3.63, 3.8) is 0 Å². The topological polar surface area (TPSA) is 78.4 Å². The smallest absolute Gasteiger partial charge is 0.229 e. The number of hydrogen-bond donors (Lipinski definition) is 1. The van der Waals surface area contributed by atoms with Gasteiger partial charge < -0.3 is 15.1 Å². The van der Waals surface area contributed by atoms with Gasteiger partial charge in [0.1, 0.15) is 0 Å². The molecular formula is C28H33N5O2S. The number of carbonyl (C=O) groups is 2. The number of thiophene rings is 1. The van der Waals surface area contributed by atoms with Crippen LogP contribution in [0.5, 0.6) is 0 Å². The normalized spacial score (nSPS) is 18.4. The summed E-state index contributed by atoms with van der Waals surface area (Å²) in [5.41, 5.74) is 2.12. The van der Waals surface area contributed by atoms with Gasteiger partial charge in [0, 0.05) is 49.4 Å². The fraction of sp³-hybridized carbons (Fsp3) is 0.429. The molecule has 0 spiro atoms. The van der Waals surface area contributed by atoms with Crippen LogP contribution < -0.4 is 10.2 Å². The van der Waals surface area contributed by atoms with Crippen molar-refractivity contribution >= 4 is 34.7 Å². The summed E-state index contributed by atoms with van der Waals surface area (Å²) < 4.78 is 0. The van der Waals surface area contributed by atoms with Crippen LogP contribution in [0.2, 0.25) is 0 Å². The molecule has 3 aromatic rings. The molecule has 0 radical (unpaired) electrons. The third-order valence-corrected chi connectivity index (χ3v) is 8.27. The van der Waals surface area contributed by atoms with E-state index in [1.165, 1.54) is 10.4 Å². The quantitative estimate of drug-likeness (QED) is 0.481. The zero-order chi connectivity index (χ0) is 24.7. The maximum atomic E-state index is 12.8. The van der Waals surface area contributed by atoms with E-state index in [1.807, 2.05) is 29.2 Å². The summed E-state index contributed by atoms with van der Waals surface area (Å²) in [5.74, 6) is 1.57. The van der Waals surface area contributed by atoms with Gasteiger partial charge in [-0.3, -0.25) is 9.59 Å². The van der Waals surface area contributed by atoms with Gasteiger partial charge in [-0.25, -0.2) is 0 Å². The van der Waals surface area contributed by atoms with E-state index in [0.29, 0.717) is 18.9 Å². The van der Waals surface area contributed by atoms with E-state index in [0.717, 1.165) is 63.2 Å². The monoisotopic (exact) mass is 503 g/mol. The number of rotatable bonds is 8. The third kappa shape index (κ3) is 6.10. The molecule has 1 aromatic carbocycles. The van der Waals surface area contributed by atoms with Gasteiger partial charge in [0.25, 0.3) is 0 Å². The van der Waals surface area contributed by atoms with Crippen LogP contribution in [0.15, 0.2) is 60.1 Å². The molecule has 4 heterocycles. The highest BCUT2D eigenvalue weighted by Gasteiger charge is 2.29. The lowest BCUT2D eigenvalue weighted by Gasteiger charge is -2.32. The maximum absolute atomic E-state index is 12.8. The zero-order valence-corrected chi connectivity index (χ0v) is 21.3. The molecule has 5 rings (SSSR count). The van der Waals surface area contributed by atoms with E-state index in [9.17, 15) is 9.59 Å². The minimum Gasteiger partial charge on any atom is -0.354 e. The number of nitrogens with one attached hydrogen (secondary N) is 1. The van der Waals surface area contributed by atoms with Crippen LogP contribution in [-0.4, -0.2) is 53.1 Å². The van der Waals surface area contributed by atoms with Gasteiger partial charge in [-0.2, -0.15) is 5.10 Å². The number of benzene rings is 1. The molecule has 1 atom stereocenters. The second kappa shape index (κ2) is 11.6. The highest BCUT2D eigenvalue weighted by molar-refractivity contribution is 7.09. The second-order valence-electron chi connectivity index (χ2n) is 9.71. The van der Waals surface area contributed by atoms with Crippen LogP contribution in [0.4, 0.5) is 11.5 Å². The Kier molecular flexibility index (Phi) is 7.91. The summed E-state index contributed by atoms with van der Waals surface area (Å²) in [6, 6.07) is 16.3. The van der Waals surface area contributed by atoms with E-state index in [-0.39, 0.29) is 17.7 Å². The second-order valence-corrected chi connectivity index (χ2v) is 10.7. The fourth-order valence-electron chi connectivity index (χ4n) is 5.22. The van der Waals surface area contributed by atoms with Crippen LogP contribution >= 0.6 is 11.3 Å². The SMILES string of the molecule is O=C(Nc1ccc(C2CCN(C(=O)CCCc3cccs3)CC2)cc1)C1CCN(c2cccnn2)C1. The van der Waals surface area contributed by atoms with Crippen molar-refractivity contribution in [3.05, 3.63) is 70.5 Å². The minimum atomic E-state index is -0.0566. The average molecular weight is 504 g/mol. The van der Waals surface area contributed by atoms with Crippen LogP contribution in [0.3, 0.4) is 0 Å². The number of amides is 2. The summed E-state index contributed by atoms with van der Waals surface area (Å²) >= 11 is 1.76. The van der Waals surface area contributed by atoms with Gasteiger partial charge in [0.05, 0.1) is 5.92 Å². The number of anilines is 2. The number of aromatic nitrogens is 2. The summed E-state index contributed by atoms with van der Waals surface area (Å²) in [6.07, 6.45) is 6.99. The number of aryl methyl sites for hydroxylation is 1. The molecule has 2 amide bonds. The van der Waals surface area contributed by atoms with Crippen molar-refractivity contribution in [2.45, 2.75) is 44.4 Å². The highest BCUT2D eigenvalue weighted by atomic mass is 32.1. The molecule has 0 saturated carbocycles. The van der Waals surface area contributed by atoms with Crippen LogP contribution in [0.25, 0.3) is 0 Å². The molecule has 8 heteroatoms. The fourth-order valence-corrected chi connectivity index (χ4v) is 5.97. The Bertz CT molecular complexity index is 1130. The lowest BCUT2D eigenvalue weighted by molar-refractivity contribution is -0.132. The maximum Gasteiger partial charge on any atom is 0.229 e. The summed E-state index contributed by atoms with van der Waals surface area (Å²) in [7, 11) is 0. The van der Waals surface area contributed by atoms with E-state index in [2.05, 4.69) is 50.1 Å². The first-order valence-corrected chi connectivity index (χ1v) is 13.8. The highest BCUT2D eigenvalue weighted by Crippen LogP contribution is 2.30. The molecule has 2 aromatic heterocycles. The Morgan fingerprint density at radius 1 is 1.00 bits per heavy atom. The van der Waals surface area contributed by atoms with Gasteiger partial charge in [0.2, 0.25) is 11.8 Å². The first-order valence-electron chi connectivity index (χ1n) is 12.9. The molecule has 188 valence electrons. The lowest BCUT2D eigenvalue weighted by Crippen LogP contribution is -2.37. The summed E-state index contributed by atoms with van der Waals surface area (Å²) in [6.45, 7) is 3.12. The van der Waals surface area contributed by atoms with E-state index >= 15 is 0 Å². The van der Waals surface area contributed by atoms with Gasteiger partial charge in [-0.1, -0.05) is 18.2 Å². The summed E-state index contributed by atoms with van der Waals surface area (Å²) in [5, 5.41) is 13.3. The number of hydrogen-bond acceptors (Lipinski definition) is 6. The van der Waals surface area contributed by atoms with E-state index < -0.39 is 0 Å². The van der Waals surface area contributed by atoms with Gasteiger partial charge in [0.15, 0.2) is 5.82 Å². The Hall–Kier alpha value is -3.26. The molecule has 2 aliphatic heterocycles. The van der Waals surface area contributed by atoms with Crippen molar-refractivity contribution in [1.29, 1.82) is 0 Å². The first-order chi connectivity index (χ1) is 17.7. The average Bonchev–Trinajstić information content (AvgIpc) is 3.63. The molecule has 1 N–H and O–H groups in total. The van der Waals surface area contributed by atoms with Crippen molar-refractivity contribution in [2.24, 2.45) is 5.92 Å². The van der Waals surface area contributed by atoms with E-state index in [1.54, 1.807) is 17.5 Å². The molecule has 2 fully saturated rings. The molecule has 2 aliphatic rings. The molecule has 1 unspecified atom stereocenters. The van der Waals surface area contributed by atoms with E-state index in [4.69, 9.17) is 0 Å². The standard InChI is InChI=1S/C28H33N5O2S/c34-27(7-1-4-25-5-3-19-36-25)32-16-12-22(13-17-32)21-8-10-24(11-9-21)30-28(35)23-14-18-33(20-23)26-6-2-15-29-31-26/h2-3,5-6,8-11,15,19,22-23H,1,4,7,12-14,16-18,20H2,(H,30,35). The molecule has 0 aliphatic carbocycles. The predicted molar refractivity (Wildman–Crippen MR) is 143 cm³/mol. The lowest BCUT2D eigenvalue weighted by atomic mass is 9.89. The first kappa shape index (κ1) is 24.4. The third-order valence-electron chi connectivity index (χ3n) is 7.33. The Balaban J connectivity index is 1.05. The Morgan fingerprint density at radius 2 is 1.83 bits per heavy atom. The van der Waals surface area contributed by atoms with Gasteiger partial charge in [-0.15, -0.1) is 16.4 Å². The Morgan fingerprint density at radius 3 is 2.56 bits per heavy atom. The van der Waals surface area contributed by atoms with Crippen LogP contribution in [0, 0.1) is 5.92 Å². The van der Waals surface area contributed by atoms with Crippen molar-refractivity contribution in [3.8, 4) is 0 Å². The molecule has 36 heavy (non-hydrogen) atoms. The van der Waals surface area contributed by atoms with Crippen molar-refractivity contribution < 1.29 is 9.59 Å². The van der Waals surface area contributed by atoms with Crippen LogP contribution in [-0.2, 0) is 16.0 Å². The number of carbonyl (C=O) groups excluding carboxylic acids is 2.